The molecule has 0 heterocycles. The van der Waals surface area contributed by atoms with Crippen LogP contribution in [0.1, 0.15) is 6.42 Å². The van der Waals surface area contributed by atoms with E-state index >= 15 is 0 Å². The SMILES string of the molecule is O=S(=O)([O-])C(CO)CCO. The average molecular weight is 169 g/mol. The smallest absolute Gasteiger partial charge is 0.0999 e. The summed E-state index contributed by atoms with van der Waals surface area (Å²) < 4.78 is 30.4. The van der Waals surface area contributed by atoms with Crippen molar-refractivity contribution in [1.82, 2.24) is 0 Å². The summed E-state index contributed by atoms with van der Waals surface area (Å²) >= 11 is 0. The van der Waals surface area contributed by atoms with Gasteiger partial charge in [0.1, 0.15) is 0 Å². The molecular weight excluding hydrogens is 160 g/mol. The van der Waals surface area contributed by atoms with Crippen molar-refractivity contribution in [2.24, 2.45) is 0 Å². The molecule has 0 aromatic carbocycles. The van der Waals surface area contributed by atoms with Crippen molar-refractivity contribution in [3.63, 3.8) is 0 Å². The summed E-state index contributed by atoms with van der Waals surface area (Å²) in [5, 5.41) is 15.2. The van der Waals surface area contributed by atoms with Crippen LogP contribution in [0.3, 0.4) is 0 Å². The van der Waals surface area contributed by atoms with Gasteiger partial charge in [0.15, 0.2) is 0 Å². The highest BCUT2D eigenvalue weighted by Crippen LogP contribution is 2.01. The molecule has 0 rings (SSSR count). The first kappa shape index (κ1) is 9.83. The Labute approximate surface area is 59.1 Å². The molecule has 0 saturated heterocycles. The molecule has 0 aliphatic carbocycles. The molecule has 1 atom stereocenters. The monoisotopic (exact) mass is 169 g/mol. The van der Waals surface area contributed by atoms with E-state index in [-0.39, 0.29) is 6.42 Å². The zero-order valence-corrected chi connectivity index (χ0v) is 6.04. The summed E-state index contributed by atoms with van der Waals surface area (Å²) in [6.45, 7) is -1.14. The lowest BCUT2D eigenvalue weighted by Gasteiger charge is -2.16. The summed E-state index contributed by atoms with van der Waals surface area (Å²) in [5.41, 5.74) is 0. The fourth-order valence-electron chi connectivity index (χ4n) is 0.471. The Morgan fingerprint density at radius 2 is 1.90 bits per heavy atom. The average Bonchev–Trinajstić information content (AvgIpc) is 1.80. The molecule has 0 spiro atoms. The number of hydrogen-bond acceptors (Lipinski definition) is 5. The van der Waals surface area contributed by atoms with Crippen molar-refractivity contribution in [2.45, 2.75) is 11.7 Å². The number of aliphatic hydroxyl groups excluding tert-OH is 2. The van der Waals surface area contributed by atoms with Gasteiger partial charge in [-0.1, -0.05) is 0 Å². The van der Waals surface area contributed by atoms with Crippen molar-refractivity contribution in [1.29, 1.82) is 0 Å². The molecule has 62 valence electrons. The van der Waals surface area contributed by atoms with Gasteiger partial charge >= 0.3 is 0 Å². The minimum Gasteiger partial charge on any atom is -0.748 e. The van der Waals surface area contributed by atoms with Gasteiger partial charge in [-0.3, -0.25) is 0 Å². The van der Waals surface area contributed by atoms with Gasteiger partial charge in [0.05, 0.1) is 22.0 Å². The summed E-state index contributed by atoms with van der Waals surface area (Å²) in [7, 11) is -4.44. The highest BCUT2D eigenvalue weighted by molar-refractivity contribution is 7.86. The number of rotatable bonds is 4. The Bertz CT molecular complexity index is 172. The molecule has 0 aliphatic rings. The molecule has 10 heavy (non-hydrogen) atoms. The lowest BCUT2D eigenvalue weighted by molar-refractivity contribution is 0.238. The molecule has 0 bridgehead atoms. The summed E-state index contributed by atoms with van der Waals surface area (Å²) in [6.07, 6.45) is -0.206. The number of hydrogen-bond donors (Lipinski definition) is 2. The van der Waals surface area contributed by atoms with E-state index in [9.17, 15) is 13.0 Å². The number of aliphatic hydroxyl groups is 2. The summed E-state index contributed by atoms with van der Waals surface area (Å²) in [5.74, 6) is 0. The molecule has 0 radical (unpaired) electrons. The van der Waals surface area contributed by atoms with Crippen LogP contribution in [0, 0.1) is 0 Å². The fourth-order valence-corrected chi connectivity index (χ4v) is 1.05. The second-order valence-corrected chi connectivity index (χ2v) is 3.46. The van der Waals surface area contributed by atoms with Crippen LogP contribution in [0.15, 0.2) is 0 Å². The van der Waals surface area contributed by atoms with E-state index in [1.807, 2.05) is 0 Å². The molecule has 0 fully saturated rings. The largest absolute Gasteiger partial charge is 0.748 e. The molecule has 5 nitrogen and oxygen atoms in total. The Morgan fingerprint density at radius 1 is 1.40 bits per heavy atom. The van der Waals surface area contributed by atoms with E-state index in [1.165, 1.54) is 0 Å². The molecule has 1 unspecified atom stereocenters. The van der Waals surface area contributed by atoms with Gasteiger partial charge in [0.2, 0.25) is 0 Å². The van der Waals surface area contributed by atoms with Gasteiger partial charge < -0.3 is 14.8 Å². The van der Waals surface area contributed by atoms with Crippen LogP contribution in [0.5, 0.6) is 0 Å². The zero-order valence-electron chi connectivity index (χ0n) is 5.23. The van der Waals surface area contributed by atoms with Gasteiger partial charge in [0.25, 0.3) is 0 Å². The highest BCUT2D eigenvalue weighted by Gasteiger charge is 2.13. The standard InChI is InChI=1S/C4H10O5S/c5-2-1-4(3-6)10(7,8)9/h4-6H,1-3H2,(H,7,8,9)/p-1. The maximum absolute atomic E-state index is 10.1. The Hall–Kier alpha value is -0.170. The van der Waals surface area contributed by atoms with Crippen LogP contribution in [0.25, 0.3) is 0 Å². The topological polar surface area (TPSA) is 97.7 Å². The second kappa shape index (κ2) is 3.87. The molecular formula is C4H9O5S-. The fraction of sp³-hybridized carbons (Fsp3) is 1.00. The highest BCUT2D eigenvalue weighted by atomic mass is 32.2. The van der Waals surface area contributed by atoms with E-state index in [2.05, 4.69) is 0 Å². The predicted molar refractivity (Wildman–Crippen MR) is 32.3 cm³/mol. The van der Waals surface area contributed by atoms with Crippen molar-refractivity contribution in [3.05, 3.63) is 0 Å². The Kier molecular flexibility index (Phi) is 3.80. The lowest BCUT2D eigenvalue weighted by atomic mass is 10.3. The summed E-state index contributed by atoms with van der Waals surface area (Å²) in [6, 6.07) is 0. The molecule has 0 aromatic rings. The van der Waals surface area contributed by atoms with Crippen LogP contribution >= 0.6 is 0 Å². The minimum atomic E-state index is -4.44. The van der Waals surface area contributed by atoms with Gasteiger partial charge in [-0.25, -0.2) is 8.42 Å². The minimum absolute atomic E-state index is 0.206. The van der Waals surface area contributed by atoms with Crippen LogP contribution in [-0.2, 0) is 10.1 Å². The van der Waals surface area contributed by atoms with Crippen molar-refractivity contribution < 1.29 is 23.2 Å². The van der Waals surface area contributed by atoms with Crippen molar-refractivity contribution in [2.75, 3.05) is 13.2 Å². The molecule has 0 amide bonds. The van der Waals surface area contributed by atoms with Crippen LogP contribution in [-0.4, -0.2) is 41.6 Å². The molecule has 0 aliphatic heterocycles. The maximum atomic E-state index is 10.1. The van der Waals surface area contributed by atoms with E-state index in [4.69, 9.17) is 10.2 Å². The van der Waals surface area contributed by atoms with Crippen LogP contribution < -0.4 is 0 Å². The molecule has 0 aromatic heterocycles. The van der Waals surface area contributed by atoms with Crippen molar-refractivity contribution >= 4 is 10.1 Å². The summed E-state index contributed by atoms with van der Waals surface area (Å²) in [4.78, 5) is 0. The third kappa shape index (κ3) is 3.11. The first-order valence-corrected chi connectivity index (χ1v) is 4.16. The predicted octanol–water partition coefficient (Wildman–Crippen LogP) is -1.73. The van der Waals surface area contributed by atoms with E-state index in [0.29, 0.717) is 0 Å². The van der Waals surface area contributed by atoms with Crippen LogP contribution in [0.2, 0.25) is 0 Å². The lowest BCUT2D eigenvalue weighted by Crippen LogP contribution is -2.25. The Morgan fingerprint density at radius 3 is 2.00 bits per heavy atom. The third-order valence-electron chi connectivity index (χ3n) is 1.06. The van der Waals surface area contributed by atoms with Gasteiger partial charge in [-0.2, -0.15) is 0 Å². The van der Waals surface area contributed by atoms with Crippen LogP contribution in [0.4, 0.5) is 0 Å². The molecule has 0 saturated carbocycles. The van der Waals surface area contributed by atoms with Gasteiger partial charge in [-0.05, 0) is 6.42 Å². The second-order valence-electron chi connectivity index (χ2n) is 1.81. The first-order valence-electron chi connectivity index (χ1n) is 2.68. The molecule has 6 heteroatoms. The third-order valence-corrected chi connectivity index (χ3v) is 2.26. The van der Waals surface area contributed by atoms with Gasteiger partial charge in [0, 0.05) is 6.61 Å². The van der Waals surface area contributed by atoms with E-state index in [1.54, 1.807) is 0 Å². The van der Waals surface area contributed by atoms with E-state index < -0.39 is 28.6 Å². The first-order chi connectivity index (χ1) is 4.52. The quantitative estimate of drug-likeness (QED) is 0.487. The van der Waals surface area contributed by atoms with E-state index in [0.717, 1.165) is 0 Å². The Balaban J connectivity index is 4.08. The molecule has 2 N–H and O–H groups in total. The normalized spacial score (nSPS) is 15.1. The zero-order chi connectivity index (χ0) is 8.20. The van der Waals surface area contributed by atoms with Crippen molar-refractivity contribution in [3.8, 4) is 0 Å². The van der Waals surface area contributed by atoms with Gasteiger partial charge in [-0.15, -0.1) is 0 Å². The maximum Gasteiger partial charge on any atom is 0.0999 e.